The summed E-state index contributed by atoms with van der Waals surface area (Å²) in [6.07, 6.45) is 1.90. The molecule has 7 nitrogen and oxygen atoms in total. The van der Waals surface area contributed by atoms with Gasteiger partial charge < -0.3 is 15.4 Å². The Bertz CT molecular complexity index is 698. The van der Waals surface area contributed by atoms with Gasteiger partial charge in [-0.15, -0.1) is 24.0 Å². The largest absolute Gasteiger partial charge is 0.489 e. The smallest absolute Gasteiger partial charge is 0.211 e. The van der Waals surface area contributed by atoms with Gasteiger partial charge in [0.05, 0.1) is 12.8 Å². The fourth-order valence-corrected chi connectivity index (χ4v) is 3.45. The number of guanidine groups is 1. The summed E-state index contributed by atoms with van der Waals surface area (Å²) in [5, 5.41) is 6.44. The van der Waals surface area contributed by atoms with E-state index >= 15 is 0 Å². The minimum Gasteiger partial charge on any atom is -0.489 e. The van der Waals surface area contributed by atoms with Crippen LogP contribution in [-0.2, 0) is 10.0 Å². The van der Waals surface area contributed by atoms with Crippen LogP contribution in [0, 0.1) is 6.92 Å². The summed E-state index contributed by atoms with van der Waals surface area (Å²) in [5.41, 5.74) is 1.10. The monoisotopic (exact) mass is 526 g/mol. The summed E-state index contributed by atoms with van der Waals surface area (Å²) >= 11 is 0. The molecule has 28 heavy (non-hydrogen) atoms. The number of benzene rings is 1. The fraction of sp³-hybridized carbons (Fsp3) is 0.632. The molecule has 0 amide bonds. The van der Waals surface area contributed by atoms with Crippen molar-refractivity contribution in [2.75, 3.05) is 39.0 Å². The second kappa shape index (κ2) is 14.0. The van der Waals surface area contributed by atoms with E-state index in [0.717, 1.165) is 17.9 Å². The molecule has 0 fully saturated rings. The molecule has 1 rings (SSSR count). The third-order valence-corrected chi connectivity index (χ3v) is 5.35. The lowest BCUT2D eigenvalue weighted by Crippen LogP contribution is -2.40. The van der Waals surface area contributed by atoms with Gasteiger partial charge in [0.1, 0.15) is 11.9 Å². The van der Waals surface area contributed by atoms with Crippen LogP contribution < -0.4 is 15.4 Å². The highest BCUT2D eigenvalue weighted by Gasteiger charge is 2.13. The van der Waals surface area contributed by atoms with Crippen molar-refractivity contribution in [2.45, 2.75) is 40.2 Å². The Morgan fingerprint density at radius 2 is 1.93 bits per heavy atom. The standard InChI is InChI=1S/C19H34N4O3S.HI/c1-6-20-19(21-13-10-14-23(7-2)27(5,24)25)22-15-17(4)26-18-12-9-8-11-16(18)3;/h8-9,11-12,17H,6-7,10,13-15H2,1-5H3,(H2,20,21,22);1H. The molecule has 0 heterocycles. The van der Waals surface area contributed by atoms with Crippen LogP contribution in [0.3, 0.4) is 0 Å². The molecule has 1 aromatic carbocycles. The summed E-state index contributed by atoms with van der Waals surface area (Å²) in [5.74, 6) is 1.58. The second-order valence-corrected chi connectivity index (χ2v) is 8.43. The van der Waals surface area contributed by atoms with Crippen LogP contribution in [0.5, 0.6) is 5.75 Å². The number of sulfonamides is 1. The van der Waals surface area contributed by atoms with Gasteiger partial charge in [-0.05, 0) is 38.8 Å². The average Bonchev–Trinajstić information content (AvgIpc) is 2.60. The van der Waals surface area contributed by atoms with Crippen molar-refractivity contribution < 1.29 is 13.2 Å². The number of para-hydroxylation sites is 1. The van der Waals surface area contributed by atoms with Gasteiger partial charge in [-0.3, -0.25) is 0 Å². The molecular formula is C19H35IN4O3S. The number of hydrogen-bond acceptors (Lipinski definition) is 4. The molecule has 0 bridgehead atoms. The van der Waals surface area contributed by atoms with Gasteiger partial charge in [-0.1, -0.05) is 25.1 Å². The molecule has 0 aliphatic rings. The van der Waals surface area contributed by atoms with Crippen molar-refractivity contribution in [1.82, 2.24) is 14.9 Å². The Hall–Kier alpha value is -1.07. The highest BCUT2D eigenvalue weighted by molar-refractivity contribution is 14.0. The van der Waals surface area contributed by atoms with E-state index in [0.29, 0.717) is 38.6 Å². The molecule has 0 aromatic heterocycles. The minimum atomic E-state index is -3.14. The van der Waals surface area contributed by atoms with Gasteiger partial charge in [-0.25, -0.2) is 17.7 Å². The molecule has 0 spiro atoms. The predicted octanol–water partition coefficient (Wildman–Crippen LogP) is 2.61. The first-order chi connectivity index (χ1) is 12.8. The predicted molar refractivity (Wildman–Crippen MR) is 127 cm³/mol. The number of aryl methyl sites for hydroxylation is 1. The lowest BCUT2D eigenvalue weighted by molar-refractivity contribution is 0.228. The summed E-state index contributed by atoms with van der Waals surface area (Å²) in [4.78, 5) is 4.56. The van der Waals surface area contributed by atoms with Crippen molar-refractivity contribution in [3.05, 3.63) is 29.8 Å². The maximum atomic E-state index is 11.6. The molecule has 1 unspecified atom stereocenters. The summed E-state index contributed by atoms with van der Waals surface area (Å²) in [7, 11) is -3.14. The van der Waals surface area contributed by atoms with E-state index in [1.807, 2.05) is 52.0 Å². The molecule has 0 saturated heterocycles. The number of nitrogens with zero attached hydrogens (tertiary/aromatic N) is 2. The van der Waals surface area contributed by atoms with Crippen LogP contribution in [0.4, 0.5) is 0 Å². The molecule has 9 heteroatoms. The van der Waals surface area contributed by atoms with Crippen molar-refractivity contribution >= 4 is 40.0 Å². The molecule has 0 aliphatic heterocycles. The van der Waals surface area contributed by atoms with Crippen LogP contribution >= 0.6 is 24.0 Å². The van der Waals surface area contributed by atoms with Crippen LogP contribution in [0.1, 0.15) is 32.8 Å². The Morgan fingerprint density at radius 3 is 2.50 bits per heavy atom. The first kappa shape index (κ1) is 26.9. The number of ether oxygens (including phenoxy) is 1. The minimum absolute atomic E-state index is 0. The van der Waals surface area contributed by atoms with Gasteiger partial charge in [0, 0.05) is 26.2 Å². The number of halogens is 1. The Balaban J connectivity index is 0.00000729. The van der Waals surface area contributed by atoms with E-state index in [1.165, 1.54) is 10.6 Å². The summed E-state index contributed by atoms with van der Waals surface area (Å²) in [6.45, 7) is 10.8. The Labute approximate surface area is 187 Å². The molecule has 0 saturated carbocycles. The van der Waals surface area contributed by atoms with Crippen LogP contribution in [0.15, 0.2) is 29.3 Å². The lowest BCUT2D eigenvalue weighted by atomic mass is 10.2. The average molecular weight is 526 g/mol. The number of nitrogens with one attached hydrogen (secondary N) is 2. The van der Waals surface area contributed by atoms with Crippen molar-refractivity contribution in [3.63, 3.8) is 0 Å². The second-order valence-electron chi connectivity index (χ2n) is 6.45. The van der Waals surface area contributed by atoms with E-state index in [-0.39, 0.29) is 30.1 Å². The van der Waals surface area contributed by atoms with Crippen LogP contribution in [0.2, 0.25) is 0 Å². The van der Waals surface area contributed by atoms with Gasteiger partial charge in [-0.2, -0.15) is 0 Å². The zero-order valence-corrected chi connectivity index (χ0v) is 20.7. The van der Waals surface area contributed by atoms with Gasteiger partial charge in [0.15, 0.2) is 5.96 Å². The van der Waals surface area contributed by atoms with E-state index in [1.54, 1.807) is 0 Å². The summed E-state index contributed by atoms with van der Waals surface area (Å²) < 4.78 is 30.6. The zero-order chi connectivity index (χ0) is 20.3. The van der Waals surface area contributed by atoms with E-state index < -0.39 is 10.0 Å². The van der Waals surface area contributed by atoms with Crippen molar-refractivity contribution in [1.29, 1.82) is 0 Å². The zero-order valence-electron chi connectivity index (χ0n) is 17.6. The van der Waals surface area contributed by atoms with E-state index in [2.05, 4.69) is 15.6 Å². The number of hydrogen-bond donors (Lipinski definition) is 2. The molecule has 1 aromatic rings. The lowest BCUT2D eigenvalue weighted by Gasteiger charge is -2.19. The maximum Gasteiger partial charge on any atom is 0.211 e. The highest BCUT2D eigenvalue weighted by atomic mass is 127. The Morgan fingerprint density at radius 1 is 1.25 bits per heavy atom. The van der Waals surface area contributed by atoms with Crippen LogP contribution in [-0.4, -0.2) is 63.8 Å². The number of rotatable bonds is 11. The third kappa shape index (κ3) is 10.5. The Kier molecular flexibility index (Phi) is 13.5. The molecular weight excluding hydrogens is 491 g/mol. The van der Waals surface area contributed by atoms with Crippen molar-refractivity contribution in [3.8, 4) is 5.75 Å². The van der Waals surface area contributed by atoms with Gasteiger partial charge >= 0.3 is 0 Å². The topological polar surface area (TPSA) is 83.0 Å². The maximum absolute atomic E-state index is 11.6. The fourth-order valence-electron chi connectivity index (χ4n) is 2.52. The molecule has 162 valence electrons. The number of aliphatic imine (C=N–C) groups is 1. The normalized spacial score (nSPS) is 13.0. The highest BCUT2D eigenvalue weighted by Crippen LogP contribution is 2.17. The first-order valence-electron chi connectivity index (χ1n) is 9.47. The first-order valence-corrected chi connectivity index (χ1v) is 11.3. The molecule has 0 aliphatic carbocycles. The third-order valence-electron chi connectivity index (χ3n) is 3.97. The van der Waals surface area contributed by atoms with E-state index in [9.17, 15) is 8.42 Å². The van der Waals surface area contributed by atoms with Gasteiger partial charge in [0.2, 0.25) is 10.0 Å². The van der Waals surface area contributed by atoms with Crippen molar-refractivity contribution in [2.24, 2.45) is 4.99 Å². The quantitative estimate of drug-likeness (QED) is 0.201. The molecule has 0 radical (unpaired) electrons. The van der Waals surface area contributed by atoms with Crippen LogP contribution in [0.25, 0.3) is 0 Å². The van der Waals surface area contributed by atoms with Gasteiger partial charge in [0.25, 0.3) is 0 Å². The molecule has 1 atom stereocenters. The SMILES string of the molecule is CCNC(=NCC(C)Oc1ccccc1C)NCCCN(CC)S(C)(=O)=O.I. The van der Waals surface area contributed by atoms with E-state index in [4.69, 9.17) is 4.74 Å². The summed E-state index contributed by atoms with van der Waals surface area (Å²) in [6, 6.07) is 7.93. The molecule has 2 N–H and O–H groups in total.